The number of amides is 2. The lowest BCUT2D eigenvalue weighted by Gasteiger charge is -2.39. The SMILES string of the molecule is CCN(C(=O)[C@@H](NC(=O)[C@H]1CCCCN1C(C)C)C(C)C)[C@H](C=C(C)C(=O)O)C(C)C. The molecule has 0 saturated carbocycles. The van der Waals surface area contributed by atoms with E-state index in [1.165, 1.54) is 0 Å². The lowest BCUT2D eigenvalue weighted by molar-refractivity contribution is -0.141. The summed E-state index contributed by atoms with van der Waals surface area (Å²) in [5.74, 6) is -1.29. The predicted molar refractivity (Wildman–Crippen MR) is 124 cm³/mol. The first-order valence-electron chi connectivity index (χ1n) is 11.7. The lowest BCUT2D eigenvalue weighted by Crippen LogP contribution is -2.59. The van der Waals surface area contributed by atoms with Crippen molar-refractivity contribution in [2.24, 2.45) is 11.8 Å². The molecule has 178 valence electrons. The molecule has 1 heterocycles. The number of carbonyl (C=O) groups is 3. The smallest absolute Gasteiger partial charge is 0.331 e. The maximum absolute atomic E-state index is 13.6. The van der Waals surface area contributed by atoms with Crippen molar-refractivity contribution < 1.29 is 19.5 Å². The molecule has 0 aliphatic carbocycles. The van der Waals surface area contributed by atoms with Gasteiger partial charge < -0.3 is 15.3 Å². The van der Waals surface area contributed by atoms with E-state index in [0.717, 1.165) is 25.8 Å². The molecule has 0 radical (unpaired) electrons. The number of nitrogens with one attached hydrogen (secondary N) is 1. The zero-order valence-electron chi connectivity index (χ0n) is 20.6. The Labute approximate surface area is 188 Å². The van der Waals surface area contributed by atoms with Crippen molar-refractivity contribution in [2.45, 2.75) is 98.8 Å². The molecular formula is C24H43N3O4. The summed E-state index contributed by atoms with van der Waals surface area (Å²) in [7, 11) is 0. The fourth-order valence-electron chi connectivity index (χ4n) is 4.28. The van der Waals surface area contributed by atoms with Crippen molar-refractivity contribution in [3.8, 4) is 0 Å². The molecule has 7 heteroatoms. The Morgan fingerprint density at radius 1 is 1.10 bits per heavy atom. The summed E-state index contributed by atoms with van der Waals surface area (Å²) in [6, 6.07) is -0.949. The van der Waals surface area contributed by atoms with Crippen molar-refractivity contribution in [3.63, 3.8) is 0 Å². The Balaban J connectivity index is 3.13. The average Bonchev–Trinajstić information content (AvgIpc) is 2.70. The molecule has 0 spiro atoms. The summed E-state index contributed by atoms with van der Waals surface area (Å²) in [6.45, 7) is 16.8. The van der Waals surface area contributed by atoms with Crippen molar-refractivity contribution >= 4 is 17.8 Å². The maximum atomic E-state index is 13.6. The molecule has 0 unspecified atom stereocenters. The van der Waals surface area contributed by atoms with Crippen molar-refractivity contribution in [1.82, 2.24) is 15.1 Å². The van der Waals surface area contributed by atoms with E-state index in [4.69, 9.17) is 0 Å². The van der Waals surface area contributed by atoms with Crippen LogP contribution in [0.2, 0.25) is 0 Å². The first kappa shape index (κ1) is 27.1. The van der Waals surface area contributed by atoms with Gasteiger partial charge in [0.1, 0.15) is 6.04 Å². The number of nitrogens with zero attached hydrogens (tertiary/aromatic N) is 2. The molecule has 0 aromatic carbocycles. The lowest BCUT2D eigenvalue weighted by atomic mass is 9.95. The minimum Gasteiger partial charge on any atom is -0.478 e. The van der Waals surface area contributed by atoms with Crippen LogP contribution in [-0.2, 0) is 14.4 Å². The van der Waals surface area contributed by atoms with Gasteiger partial charge in [-0.3, -0.25) is 14.5 Å². The molecule has 1 fully saturated rings. The molecule has 0 bridgehead atoms. The van der Waals surface area contributed by atoms with Gasteiger partial charge in [0.25, 0.3) is 0 Å². The van der Waals surface area contributed by atoms with Gasteiger partial charge in [0, 0.05) is 18.2 Å². The van der Waals surface area contributed by atoms with Gasteiger partial charge in [-0.2, -0.15) is 0 Å². The number of carboxylic acid groups (broad SMARTS) is 1. The van der Waals surface area contributed by atoms with Gasteiger partial charge in [0.15, 0.2) is 0 Å². The molecule has 3 atom stereocenters. The Morgan fingerprint density at radius 3 is 2.16 bits per heavy atom. The average molecular weight is 438 g/mol. The van der Waals surface area contributed by atoms with Crippen LogP contribution < -0.4 is 5.32 Å². The first-order valence-corrected chi connectivity index (χ1v) is 11.7. The summed E-state index contributed by atoms with van der Waals surface area (Å²) in [6.07, 6.45) is 4.55. The van der Waals surface area contributed by atoms with E-state index in [1.54, 1.807) is 17.9 Å². The zero-order valence-corrected chi connectivity index (χ0v) is 20.6. The highest BCUT2D eigenvalue weighted by atomic mass is 16.4. The predicted octanol–water partition coefficient (Wildman–Crippen LogP) is 3.29. The fraction of sp³-hybridized carbons (Fsp3) is 0.792. The van der Waals surface area contributed by atoms with Crippen LogP contribution in [-0.4, -0.2) is 69.9 Å². The van der Waals surface area contributed by atoms with Crippen LogP contribution in [0.5, 0.6) is 0 Å². The van der Waals surface area contributed by atoms with E-state index < -0.39 is 12.0 Å². The van der Waals surface area contributed by atoms with Crippen LogP contribution in [0.1, 0.15) is 74.7 Å². The third kappa shape index (κ3) is 7.34. The second-order valence-corrected chi connectivity index (χ2v) is 9.59. The summed E-state index contributed by atoms with van der Waals surface area (Å²) < 4.78 is 0. The fourth-order valence-corrected chi connectivity index (χ4v) is 4.28. The van der Waals surface area contributed by atoms with Gasteiger partial charge in [-0.15, -0.1) is 0 Å². The topological polar surface area (TPSA) is 90.0 Å². The molecule has 1 aliphatic rings. The maximum Gasteiger partial charge on any atom is 0.331 e. The summed E-state index contributed by atoms with van der Waals surface area (Å²) in [5, 5.41) is 12.3. The third-order valence-electron chi connectivity index (χ3n) is 6.17. The van der Waals surface area contributed by atoms with Crippen molar-refractivity contribution in [3.05, 3.63) is 11.6 Å². The second kappa shape index (κ2) is 12.2. The molecule has 7 nitrogen and oxygen atoms in total. The Morgan fingerprint density at radius 2 is 1.71 bits per heavy atom. The highest BCUT2D eigenvalue weighted by Gasteiger charge is 2.36. The number of hydrogen-bond donors (Lipinski definition) is 2. The van der Waals surface area contributed by atoms with E-state index in [9.17, 15) is 19.5 Å². The summed E-state index contributed by atoms with van der Waals surface area (Å²) in [4.78, 5) is 42.0. The molecule has 2 amide bonds. The van der Waals surface area contributed by atoms with Gasteiger partial charge in [-0.1, -0.05) is 40.2 Å². The van der Waals surface area contributed by atoms with Crippen LogP contribution >= 0.6 is 0 Å². The number of piperidine rings is 1. The van der Waals surface area contributed by atoms with Gasteiger partial charge >= 0.3 is 5.97 Å². The van der Waals surface area contributed by atoms with E-state index >= 15 is 0 Å². The summed E-state index contributed by atoms with van der Waals surface area (Å²) >= 11 is 0. The molecular weight excluding hydrogens is 394 g/mol. The van der Waals surface area contributed by atoms with E-state index in [-0.39, 0.29) is 47.3 Å². The van der Waals surface area contributed by atoms with Crippen molar-refractivity contribution in [2.75, 3.05) is 13.1 Å². The number of carbonyl (C=O) groups excluding carboxylic acids is 2. The van der Waals surface area contributed by atoms with Crippen LogP contribution in [0, 0.1) is 11.8 Å². The molecule has 0 aromatic rings. The quantitative estimate of drug-likeness (QED) is 0.512. The minimum atomic E-state index is -0.992. The number of carboxylic acids is 1. The number of likely N-dealkylation sites (N-methyl/N-ethyl adjacent to an activating group) is 1. The van der Waals surface area contributed by atoms with Crippen LogP contribution in [0.15, 0.2) is 11.6 Å². The molecule has 0 aromatic heterocycles. The van der Waals surface area contributed by atoms with E-state index in [2.05, 4.69) is 24.1 Å². The Kier molecular flexibility index (Phi) is 10.7. The standard InChI is InChI=1S/C24H43N3O4/c1-9-26(20(15(2)3)14-18(8)24(30)31)23(29)21(16(4)5)25-22(28)19-12-10-11-13-27(19)17(6)7/h14-17,19-21H,9-13H2,1-8H3,(H,25,28)(H,30,31)/t19-,20-,21+/m1/s1. The largest absolute Gasteiger partial charge is 0.478 e. The highest BCUT2D eigenvalue weighted by Crippen LogP contribution is 2.22. The molecule has 31 heavy (non-hydrogen) atoms. The molecule has 1 saturated heterocycles. The van der Waals surface area contributed by atoms with Gasteiger partial charge in [-0.25, -0.2) is 4.79 Å². The third-order valence-corrected chi connectivity index (χ3v) is 6.17. The normalized spacial score (nSPS) is 20.1. The monoisotopic (exact) mass is 437 g/mol. The van der Waals surface area contributed by atoms with Gasteiger partial charge in [0.05, 0.1) is 12.1 Å². The van der Waals surface area contributed by atoms with E-state index in [0.29, 0.717) is 6.54 Å². The second-order valence-electron chi connectivity index (χ2n) is 9.59. The van der Waals surface area contributed by atoms with Crippen molar-refractivity contribution in [1.29, 1.82) is 0 Å². The van der Waals surface area contributed by atoms with Gasteiger partial charge in [0.2, 0.25) is 11.8 Å². The number of likely N-dealkylation sites (tertiary alicyclic amines) is 1. The van der Waals surface area contributed by atoms with Crippen LogP contribution in [0.3, 0.4) is 0 Å². The van der Waals surface area contributed by atoms with Crippen LogP contribution in [0.4, 0.5) is 0 Å². The van der Waals surface area contributed by atoms with E-state index in [1.807, 2.05) is 34.6 Å². The molecule has 2 N–H and O–H groups in total. The molecule has 1 aliphatic heterocycles. The number of aliphatic carboxylic acids is 1. The highest BCUT2D eigenvalue weighted by molar-refractivity contribution is 5.90. The number of rotatable bonds is 10. The summed E-state index contributed by atoms with van der Waals surface area (Å²) in [5.41, 5.74) is 0.213. The Hall–Kier alpha value is -1.89. The minimum absolute atomic E-state index is 0.0384. The zero-order chi connectivity index (χ0) is 23.9. The van der Waals surface area contributed by atoms with Gasteiger partial charge in [-0.05, 0) is 58.9 Å². The molecule has 1 rings (SSSR count). The number of hydrogen-bond acceptors (Lipinski definition) is 4. The Bertz CT molecular complexity index is 657. The first-order chi connectivity index (χ1) is 14.4. The van der Waals surface area contributed by atoms with Crippen LogP contribution in [0.25, 0.3) is 0 Å².